The van der Waals surface area contributed by atoms with Crippen molar-refractivity contribution in [2.75, 3.05) is 6.54 Å². The third-order valence-electron chi connectivity index (χ3n) is 5.09. The fourth-order valence-electron chi connectivity index (χ4n) is 3.60. The minimum absolute atomic E-state index is 0.203. The van der Waals surface area contributed by atoms with Gasteiger partial charge in [0.05, 0.1) is 0 Å². The first kappa shape index (κ1) is 16.5. The normalized spacial score (nSPS) is 26.8. The monoisotopic (exact) mass is 267 g/mol. The molecule has 1 fully saturated rings. The van der Waals surface area contributed by atoms with Crippen molar-refractivity contribution in [1.82, 2.24) is 4.90 Å². The molecule has 0 aromatic rings. The van der Waals surface area contributed by atoms with Crippen molar-refractivity contribution in [2.45, 2.75) is 73.3 Å². The van der Waals surface area contributed by atoms with Gasteiger partial charge >= 0.3 is 0 Å². The molecule has 0 aliphatic carbocycles. The topological polar surface area (TPSA) is 20.3 Å². The zero-order chi connectivity index (χ0) is 14.6. The van der Waals surface area contributed by atoms with Crippen LogP contribution in [-0.2, 0) is 4.79 Å². The van der Waals surface area contributed by atoms with Crippen molar-refractivity contribution in [3.8, 4) is 0 Å². The molecule has 3 unspecified atom stereocenters. The summed E-state index contributed by atoms with van der Waals surface area (Å²) in [5, 5.41) is 0. The highest BCUT2D eigenvalue weighted by Crippen LogP contribution is 2.33. The first-order valence-corrected chi connectivity index (χ1v) is 8.26. The molecule has 0 saturated carbocycles. The van der Waals surface area contributed by atoms with Gasteiger partial charge in [-0.3, -0.25) is 4.79 Å². The Morgan fingerprint density at radius 2 is 1.79 bits per heavy atom. The number of nitrogens with zero attached hydrogens (tertiary/aromatic N) is 1. The molecule has 0 aromatic heterocycles. The van der Waals surface area contributed by atoms with Gasteiger partial charge in [0.15, 0.2) is 0 Å². The van der Waals surface area contributed by atoms with Gasteiger partial charge in [-0.1, -0.05) is 54.4 Å². The Labute approximate surface area is 119 Å². The van der Waals surface area contributed by atoms with Crippen LogP contribution in [0.3, 0.4) is 0 Å². The van der Waals surface area contributed by atoms with Crippen molar-refractivity contribution >= 4 is 5.91 Å². The predicted molar refractivity (Wildman–Crippen MR) is 82.0 cm³/mol. The first-order valence-electron chi connectivity index (χ1n) is 8.26. The van der Waals surface area contributed by atoms with E-state index in [1.54, 1.807) is 0 Å². The van der Waals surface area contributed by atoms with E-state index >= 15 is 0 Å². The third-order valence-corrected chi connectivity index (χ3v) is 5.09. The van der Waals surface area contributed by atoms with Gasteiger partial charge in [-0.15, -0.1) is 0 Å². The lowest BCUT2D eigenvalue weighted by Gasteiger charge is -2.33. The minimum Gasteiger partial charge on any atom is -0.339 e. The van der Waals surface area contributed by atoms with E-state index in [1.807, 2.05) is 0 Å². The van der Waals surface area contributed by atoms with Gasteiger partial charge in [0.1, 0.15) is 0 Å². The average Bonchev–Trinajstić information content (AvgIpc) is 2.81. The molecule has 112 valence electrons. The van der Waals surface area contributed by atoms with Crippen LogP contribution in [0.5, 0.6) is 0 Å². The van der Waals surface area contributed by atoms with Crippen LogP contribution >= 0.6 is 0 Å². The first-order chi connectivity index (χ1) is 8.96. The summed E-state index contributed by atoms with van der Waals surface area (Å²) in [5.41, 5.74) is 0. The Balaban J connectivity index is 2.83. The predicted octanol–water partition coefficient (Wildman–Crippen LogP) is 4.34. The van der Waals surface area contributed by atoms with Crippen molar-refractivity contribution in [3.63, 3.8) is 0 Å². The van der Waals surface area contributed by atoms with E-state index in [0.717, 1.165) is 25.3 Å². The molecule has 4 atom stereocenters. The Morgan fingerprint density at radius 1 is 1.16 bits per heavy atom. The molecule has 0 spiro atoms. The molecule has 0 radical (unpaired) electrons. The van der Waals surface area contributed by atoms with Crippen molar-refractivity contribution in [3.05, 3.63) is 0 Å². The summed E-state index contributed by atoms with van der Waals surface area (Å²) in [5.74, 6) is 2.28. The number of hydrogen-bond donors (Lipinski definition) is 0. The summed E-state index contributed by atoms with van der Waals surface area (Å²) in [7, 11) is 0. The second-order valence-electron chi connectivity index (χ2n) is 6.72. The molecule has 1 aliphatic heterocycles. The molecular formula is C17H33NO. The molecule has 1 saturated heterocycles. The summed E-state index contributed by atoms with van der Waals surface area (Å²) in [6, 6.07) is 0.489. The van der Waals surface area contributed by atoms with Crippen LogP contribution in [0, 0.1) is 23.7 Å². The van der Waals surface area contributed by atoms with Crippen LogP contribution in [0.15, 0.2) is 0 Å². The fourth-order valence-corrected chi connectivity index (χ4v) is 3.60. The van der Waals surface area contributed by atoms with Gasteiger partial charge < -0.3 is 4.90 Å². The molecule has 2 nitrogen and oxygen atoms in total. The zero-order valence-corrected chi connectivity index (χ0v) is 13.8. The van der Waals surface area contributed by atoms with Gasteiger partial charge in [-0.05, 0) is 30.6 Å². The van der Waals surface area contributed by atoms with Crippen molar-refractivity contribution in [2.24, 2.45) is 23.7 Å². The summed E-state index contributed by atoms with van der Waals surface area (Å²) in [6.07, 6.45) is 4.62. The van der Waals surface area contributed by atoms with Gasteiger partial charge in [-0.2, -0.15) is 0 Å². The summed E-state index contributed by atoms with van der Waals surface area (Å²) in [6.45, 7) is 14.3. The van der Waals surface area contributed by atoms with Gasteiger partial charge in [0, 0.05) is 18.5 Å². The lowest BCUT2D eigenvalue weighted by molar-refractivity contribution is -0.140. The van der Waals surface area contributed by atoms with Gasteiger partial charge in [-0.25, -0.2) is 0 Å². The zero-order valence-electron chi connectivity index (χ0n) is 13.8. The fraction of sp³-hybridized carbons (Fsp3) is 0.941. The third kappa shape index (κ3) is 3.73. The molecule has 19 heavy (non-hydrogen) atoms. The number of rotatable bonds is 6. The van der Waals surface area contributed by atoms with Gasteiger partial charge in [0.2, 0.25) is 5.91 Å². The number of likely N-dealkylation sites (tertiary alicyclic amines) is 1. The number of hydrogen-bond acceptors (Lipinski definition) is 1. The molecule has 0 bridgehead atoms. The second kappa shape index (κ2) is 7.31. The quantitative estimate of drug-likeness (QED) is 0.701. The molecule has 2 heteroatoms. The van der Waals surface area contributed by atoms with E-state index in [1.165, 1.54) is 12.8 Å². The average molecular weight is 267 g/mol. The van der Waals surface area contributed by atoms with Gasteiger partial charge in [0.25, 0.3) is 0 Å². The SMILES string of the molecule is CCC1C[C@@H](CC)N(C(=O)C(C(C)C)C(C)CC)C1. The Bertz CT molecular complexity index is 287. The summed E-state index contributed by atoms with van der Waals surface area (Å²) < 4.78 is 0. The lowest BCUT2D eigenvalue weighted by Crippen LogP contribution is -2.43. The standard InChI is InChI=1S/C17H33NO/c1-7-13(6)16(12(4)5)17(19)18-11-14(8-2)10-15(18)9-3/h12-16H,7-11H2,1-6H3/t13?,14?,15-,16?/m1/s1. The Morgan fingerprint density at radius 3 is 2.21 bits per heavy atom. The Kier molecular flexibility index (Phi) is 6.35. The largest absolute Gasteiger partial charge is 0.339 e. The lowest BCUT2D eigenvalue weighted by atomic mass is 9.81. The van der Waals surface area contributed by atoms with E-state index in [0.29, 0.717) is 23.8 Å². The summed E-state index contributed by atoms with van der Waals surface area (Å²) >= 11 is 0. The molecule has 1 amide bonds. The molecule has 0 N–H and O–H groups in total. The number of amides is 1. The maximum atomic E-state index is 12.9. The van der Waals surface area contributed by atoms with Crippen molar-refractivity contribution < 1.29 is 4.79 Å². The van der Waals surface area contributed by atoms with Crippen molar-refractivity contribution in [1.29, 1.82) is 0 Å². The number of carbonyl (C=O) groups is 1. The highest BCUT2D eigenvalue weighted by molar-refractivity contribution is 5.80. The smallest absolute Gasteiger partial charge is 0.226 e. The Hall–Kier alpha value is -0.530. The van der Waals surface area contributed by atoms with E-state index in [9.17, 15) is 4.79 Å². The molecular weight excluding hydrogens is 234 g/mol. The van der Waals surface area contributed by atoms with E-state index in [-0.39, 0.29) is 5.92 Å². The van der Waals surface area contributed by atoms with Crippen LogP contribution < -0.4 is 0 Å². The minimum atomic E-state index is 0.203. The molecule has 1 aliphatic rings. The van der Waals surface area contributed by atoms with Crippen LogP contribution in [0.1, 0.15) is 67.2 Å². The maximum absolute atomic E-state index is 12.9. The highest BCUT2D eigenvalue weighted by Gasteiger charge is 2.38. The highest BCUT2D eigenvalue weighted by atomic mass is 16.2. The molecule has 1 heterocycles. The van der Waals surface area contributed by atoms with Crippen LogP contribution in [0.4, 0.5) is 0 Å². The van der Waals surface area contributed by atoms with E-state index in [4.69, 9.17) is 0 Å². The maximum Gasteiger partial charge on any atom is 0.226 e. The number of carbonyl (C=O) groups excluding carboxylic acids is 1. The van der Waals surface area contributed by atoms with Crippen LogP contribution in [-0.4, -0.2) is 23.4 Å². The van der Waals surface area contributed by atoms with E-state index < -0.39 is 0 Å². The van der Waals surface area contributed by atoms with Crippen LogP contribution in [0.2, 0.25) is 0 Å². The summed E-state index contributed by atoms with van der Waals surface area (Å²) in [4.78, 5) is 15.2. The molecule has 1 rings (SSSR count). The van der Waals surface area contributed by atoms with E-state index in [2.05, 4.69) is 46.4 Å². The van der Waals surface area contributed by atoms with Crippen LogP contribution in [0.25, 0.3) is 0 Å². The second-order valence-corrected chi connectivity index (χ2v) is 6.72. The molecule has 0 aromatic carbocycles.